The molecule has 3 aromatic carbocycles. The molecule has 1 aliphatic rings. The number of amides is 1. The van der Waals surface area contributed by atoms with Crippen molar-refractivity contribution in [2.75, 3.05) is 6.54 Å². The van der Waals surface area contributed by atoms with Gasteiger partial charge in [-0.1, -0.05) is 78.3 Å². The third-order valence-corrected chi connectivity index (χ3v) is 6.23. The van der Waals surface area contributed by atoms with Crippen molar-refractivity contribution in [2.45, 2.75) is 25.5 Å². The van der Waals surface area contributed by atoms with Crippen molar-refractivity contribution in [3.63, 3.8) is 0 Å². The average molecular weight is 458 g/mol. The second kappa shape index (κ2) is 9.51. The molecule has 4 aromatic rings. The summed E-state index contributed by atoms with van der Waals surface area (Å²) in [6.45, 7) is 0.941. The van der Waals surface area contributed by atoms with Gasteiger partial charge in [0.2, 0.25) is 0 Å². The molecular formula is C27H24ClN3O2. The molecule has 1 aliphatic heterocycles. The molecule has 5 rings (SSSR count). The molecule has 5 nitrogen and oxygen atoms in total. The molecule has 1 atom stereocenters. The molecule has 1 aromatic heterocycles. The lowest BCUT2D eigenvalue weighted by Crippen LogP contribution is -2.31. The predicted octanol–water partition coefficient (Wildman–Crippen LogP) is 6.87. The van der Waals surface area contributed by atoms with Gasteiger partial charge in [0.05, 0.1) is 17.9 Å². The molecule has 1 saturated heterocycles. The molecular weight excluding hydrogens is 434 g/mol. The van der Waals surface area contributed by atoms with Crippen LogP contribution in [0.3, 0.4) is 0 Å². The number of halogens is 1. The first-order chi connectivity index (χ1) is 16.2. The minimum Gasteiger partial charge on any atom is -0.445 e. The van der Waals surface area contributed by atoms with Crippen molar-refractivity contribution in [3.8, 4) is 22.4 Å². The highest BCUT2D eigenvalue weighted by Crippen LogP contribution is 2.32. The number of nitrogens with zero attached hydrogens (tertiary/aromatic N) is 2. The second-order valence-electron chi connectivity index (χ2n) is 8.16. The average Bonchev–Trinajstić information content (AvgIpc) is 3.54. The molecule has 1 amide bonds. The highest BCUT2D eigenvalue weighted by atomic mass is 35.5. The van der Waals surface area contributed by atoms with E-state index in [2.05, 4.69) is 34.2 Å². The Morgan fingerprint density at radius 3 is 2.36 bits per heavy atom. The molecule has 1 N–H and O–H groups in total. The van der Waals surface area contributed by atoms with Crippen LogP contribution < -0.4 is 0 Å². The summed E-state index contributed by atoms with van der Waals surface area (Å²) in [6, 6.07) is 25.7. The summed E-state index contributed by atoms with van der Waals surface area (Å²) in [5.74, 6) is 0.793. The number of imidazole rings is 1. The Morgan fingerprint density at radius 1 is 0.970 bits per heavy atom. The van der Waals surface area contributed by atoms with Gasteiger partial charge in [0.25, 0.3) is 0 Å². The maximum Gasteiger partial charge on any atom is 0.410 e. The Balaban J connectivity index is 1.27. The van der Waals surface area contributed by atoms with Gasteiger partial charge in [-0.05, 0) is 47.2 Å². The Bertz CT molecular complexity index is 1220. The minimum absolute atomic E-state index is 0.102. The first kappa shape index (κ1) is 21.3. The fourth-order valence-electron chi connectivity index (χ4n) is 4.21. The van der Waals surface area contributed by atoms with Crippen LogP contribution >= 0.6 is 11.6 Å². The van der Waals surface area contributed by atoms with Crippen molar-refractivity contribution < 1.29 is 9.53 Å². The number of nitrogens with one attached hydrogen (secondary N) is 1. The lowest BCUT2D eigenvalue weighted by molar-refractivity contribution is 0.0910. The van der Waals surface area contributed by atoms with E-state index in [0.717, 1.165) is 51.6 Å². The molecule has 33 heavy (non-hydrogen) atoms. The largest absolute Gasteiger partial charge is 0.445 e. The monoisotopic (exact) mass is 457 g/mol. The normalized spacial score (nSPS) is 15.5. The van der Waals surface area contributed by atoms with Crippen LogP contribution in [0, 0.1) is 0 Å². The fraction of sp³-hybridized carbons (Fsp3) is 0.185. The van der Waals surface area contributed by atoms with Gasteiger partial charge < -0.3 is 9.72 Å². The number of likely N-dealkylation sites (tertiary alicyclic amines) is 1. The van der Waals surface area contributed by atoms with Crippen LogP contribution in [0.2, 0.25) is 5.02 Å². The molecule has 0 saturated carbocycles. The number of hydrogen-bond acceptors (Lipinski definition) is 3. The molecule has 0 unspecified atom stereocenters. The molecule has 166 valence electrons. The van der Waals surface area contributed by atoms with Crippen molar-refractivity contribution in [2.24, 2.45) is 0 Å². The van der Waals surface area contributed by atoms with Crippen LogP contribution in [0.15, 0.2) is 85.1 Å². The first-order valence-electron chi connectivity index (χ1n) is 11.1. The molecule has 0 spiro atoms. The summed E-state index contributed by atoms with van der Waals surface area (Å²) in [5, 5.41) is 0.727. The molecule has 0 radical (unpaired) electrons. The van der Waals surface area contributed by atoms with E-state index in [1.165, 1.54) is 0 Å². The minimum atomic E-state index is -0.299. The molecule has 2 heterocycles. The third kappa shape index (κ3) is 4.78. The van der Waals surface area contributed by atoms with E-state index in [9.17, 15) is 4.79 Å². The maximum absolute atomic E-state index is 12.7. The highest BCUT2D eigenvalue weighted by Gasteiger charge is 2.33. The van der Waals surface area contributed by atoms with Crippen LogP contribution in [-0.4, -0.2) is 27.5 Å². The summed E-state index contributed by atoms with van der Waals surface area (Å²) in [7, 11) is 0. The number of carbonyl (C=O) groups is 1. The Labute approximate surface area is 198 Å². The number of aromatic nitrogens is 2. The van der Waals surface area contributed by atoms with Crippen molar-refractivity contribution >= 4 is 17.7 Å². The van der Waals surface area contributed by atoms with Gasteiger partial charge >= 0.3 is 6.09 Å². The number of benzene rings is 3. The Kier molecular flexibility index (Phi) is 6.13. The van der Waals surface area contributed by atoms with Gasteiger partial charge in [-0.3, -0.25) is 4.90 Å². The van der Waals surface area contributed by atoms with Gasteiger partial charge in [0.1, 0.15) is 12.4 Å². The van der Waals surface area contributed by atoms with Gasteiger partial charge in [0.15, 0.2) is 0 Å². The van der Waals surface area contributed by atoms with Gasteiger partial charge in [-0.15, -0.1) is 0 Å². The van der Waals surface area contributed by atoms with Crippen LogP contribution in [0.5, 0.6) is 0 Å². The van der Waals surface area contributed by atoms with Gasteiger partial charge in [0, 0.05) is 11.6 Å². The van der Waals surface area contributed by atoms with Crippen LogP contribution in [0.4, 0.5) is 4.79 Å². The number of rotatable bonds is 5. The predicted molar refractivity (Wildman–Crippen MR) is 130 cm³/mol. The summed E-state index contributed by atoms with van der Waals surface area (Å²) in [5.41, 5.74) is 5.19. The lowest BCUT2D eigenvalue weighted by atomic mass is 10.0. The number of H-pyrrole nitrogens is 1. The second-order valence-corrected chi connectivity index (χ2v) is 8.59. The maximum atomic E-state index is 12.7. The molecule has 1 fully saturated rings. The van der Waals surface area contributed by atoms with Crippen LogP contribution in [-0.2, 0) is 11.3 Å². The summed E-state index contributed by atoms with van der Waals surface area (Å²) in [6.07, 6.45) is 3.32. The highest BCUT2D eigenvalue weighted by molar-refractivity contribution is 6.30. The van der Waals surface area contributed by atoms with E-state index in [-0.39, 0.29) is 18.7 Å². The third-order valence-electron chi connectivity index (χ3n) is 5.98. The zero-order valence-electron chi connectivity index (χ0n) is 18.1. The van der Waals surface area contributed by atoms with E-state index < -0.39 is 0 Å². The number of carbonyl (C=O) groups excluding carboxylic acids is 1. The zero-order valence-corrected chi connectivity index (χ0v) is 18.8. The summed E-state index contributed by atoms with van der Waals surface area (Å²) >= 11 is 5.99. The Hall–Kier alpha value is -3.57. The SMILES string of the molecule is O=C(OCc1ccccc1)N1CCC[C@H]1c1ncc(-c2ccc(-c3ccc(Cl)cc3)cc2)[nH]1. The zero-order chi connectivity index (χ0) is 22.6. The molecule has 6 heteroatoms. The van der Waals surface area contributed by atoms with E-state index in [1.807, 2.05) is 60.8 Å². The van der Waals surface area contributed by atoms with E-state index in [4.69, 9.17) is 16.3 Å². The standard InChI is InChI=1S/C27H24ClN3O2/c28-23-14-12-21(13-15-23)20-8-10-22(11-9-20)24-17-29-26(30-24)25-7-4-16-31(25)27(32)33-18-19-5-2-1-3-6-19/h1-3,5-6,8-15,17,25H,4,7,16,18H2,(H,29,30)/t25-/m0/s1. The van der Waals surface area contributed by atoms with E-state index >= 15 is 0 Å². The fourth-order valence-corrected chi connectivity index (χ4v) is 4.33. The van der Waals surface area contributed by atoms with Crippen molar-refractivity contribution in [1.82, 2.24) is 14.9 Å². The first-order valence-corrected chi connectivity index (χ1v) is 11.4. The Morgan fingerprint density at radius 2 is 1.64 bits per heavy atom. The molecule has 0 bridgehead atoms. The number of hydrogen-bond donors (Lipinski definition) is 1. The summed E-state index contributed by atoms with van der Waals surface area (Å²) in [4.78, 5) is 22.5. The van der Waals surface area contributed by atoms with Gasteiger partial charge in [-0.25, -0.2) is 9.78 Å². The number of ether oxygens (including phenoxy) is 1. The van der Waals surface area contributed by atoms with Crippen LogP contribution in [0.1, 0.15) is 30.3 Å². The van der Waals surface area contributed by atoms with E-state index in [0.29, 0.717) is 6.54 Å². The van der Waals surface area contributed by atoms with Gasteiger partial charge in [-0.2, -0.15) is 0 Å². The lowest BCUT2D eigenvalue weighted by Gasteiger charge is -2.22. The summed E-state index contributed by atoms with van der Waals surface area (Å²) < 4.78 is 5.55. The topological polar surface area (TPSA) is 58.2 Å². The van der Waals surface area contributed by atoms with Crippen molar-refractivity contribution in [1.29, 1.82) is 0 Å². The van der Waals surface area contributed by atoms with Crippen LogP contribution in [0.25, 0.3) is 22.4 Å². The van der Waals surface area contributed by atoms with E-state index in [1.54, 1.807) is 4.90 Å². The quantitative estimate of drug-likeness (QED) is 0.355. The number of aromatic amines is 1. The molecule has 0 aliphatic carbocycles. The smallest absolute Gasteiger partial charge is 0.410 e. The van der Waals surface area contributed by atoms with Crippen molar-refractivity contribution in [3.05, 3.63) is 101 Å².